The maximum atomic E-state index is 8.95. The van der Waals surface area contributed by atoms with E-state index in [1.54, 1.807) is 7.11 Å². The Morgan fingerprint density at radius 1 is 1.35 bits per heavy atom. The second kappa shape index (κ2) is 7.16. The lowest BCUT2D eigenvalue weighted by Crippen LogP contribution is -2.10. The molecule has 0 aromatic heterocycles. The number of nitrogens with two attached hydrogens (primary N) is 1. The van der Waals surface area contributed by atoms with Gasteiger partial charge in [0.2, 0.25) is 0 Å². The van der Waals surface area contributed by atoms with E-state index in [0.717, 1.165) is 18.4 Å². The summed E-state index contributed by atoms with van der Waals surface area (Å²) < 4.78 is 11.0. The van der Waals surface area contributed by atoms with Crippen molar-refractivity contribution in [2.75, 3.05) is 13.7 Å². The zero-order chi connectivity index (χ0) is 15.2. The van der Waals surface area contributed by atoms with Gasteiger partial charge < -0.3 is 15.2 Å². The molecule has 20 heavy (non-hydrogen) atoms. The van der Waals surface area contributed by atoms with E-state index in [1.165, 1.54) is 0 Å². The van der Waals surface area contributed by atoms with Gasteiger partial charge in [-0.3, -0.25) is 0 Å². The van der Waals surface area contributed by atoms with Crippen LogP contribution in [0.15, 0.2) is 18.2 Å². The van der Waals surface area contributed by atoms with E-state index >= 15 is 0 Å². The maximum absolute atomic E-state index is 8.95. The molecule has 1 aromatic carbocycles. The van der Waals surface area contributed by atoms with Crippen LogP contribution in [0.2, 0.25) is 0 Å². The molecule has 0 amide bonds. The Kier molecular flexibility index (Phi) is 5.84. The second-order valence-corrected chi connectivity index (χ2v) is 5.65. The summed E-state index contributed by atoms with van der Waals surface area (Å²) in [5.74, 6) is 1.41. The fraction of sp³-hybridized carbons (Fsp3) is 0.562. The van der Waals surface area contributed by atoms with Crippen LogP contribution in [0.5, 0.6) is 11.5 Å². The highest BCUT2D eigenvalue weighted by atomic mass is 16.5. The highest BCUT2D eigenvalue weighted by molar-refractivity contribution is 5.43. The molecule has 1 rings (SSSR count). The minimum absolute atomic E-state index is 0.0330. The van der Waals surface area contributed by atoms with Crippen LogP contribution in [-0.2, 0) is 0 Å². The minimum atomic E-state index is -0.299. The lowest BCUT2D eigenvalue weighted by molar-refractivity contribution is 0.269. The molecule has 0 radical (unpaired) electrons. The first-order chi connectivity index (χ1) is 9.39. The monoisotopic (exact) mass is 276 g/mol. The molecule has 1 atom stereocenters. The van der Waals surface area contributed by atoms with Crippen LogP contribution in [0, 0.1) is 16.7 Å². The summed E-state index contributed by atoms with van der Waals surface area (Å²) in [6.45, 7) is 6.37. The quantitative estimate of drug-likeness (QED) is 0.775. The largest absolute Gasteiger partial charge is 0.493 e. The van der Waals surface area contributed by atoms with Gasteiger partial charge in [-0.05, 0) is 51.3 Å². The molecule has 2 N–H and O–H groups in total. The molecular formula is C16H24N2O2. The average molecular weight is 276 g/mol. The first kappa shape index (κ1) is 16.3. The van der Waals surface area contributed by atoms with E-state index in [1.807, 2.05) is 39.0 Å². The van der Waals surface area contributed by atoms with Crippen molar-refractivity contribution in [3.8, 4) is 17.6 Å². The summed E-state index contributed by atoms with van der Waals surface area (Å²) in [6, 6.07) is 7.99. The minimum Gasteiger partial charge on any atom is -0.493 e. The van der Waals surface area contributed by atoms with Crippen molar-refractivity contribution < 1.29 is 9.47 Å². The number of rotatable bonds is 7. The molecule has 0 aliphatic carbocycles. The average Bonchev–Trinajstić information content (AvgIpc) is 2.43. The molecule has 0 unspecified atom stereocenters. The normalized spacial score (nSPS) is 12.6. The molecule has 0 aliphatic rings. The fourth-order valence-electron chi connectivity index (χ4n) is 1.84. The van der Waals surface area contributed by atoms with Crippen molar-refractivity contribution in [2.45, 2.75) is 39.7 Å². The van der Waals surface area contributed by atoms with Crippen LogP contribution < -0.4 is 15.2 Å². The highest BCUT2D eigenvalue weighted by Crippen LogP contribution is 2.30. The number of methoxy groups -OCH3 is 1. The predicted molar refractivity (Wildman–Crippen MR) is 79.7 cm³/mol. The van der Waals surface area contributed by atoms with Gasteiger partial charge in [0.25, 0.3) is 0 Å². The summed E-state index contributed by atoms with van der Waals surface area (Å²) in [5.41, 5.74) is 6.56. The van der Waals surface area contributed by atoms with Crippen LogP contribution in [0.25, 0.3) is 0 Å². The number of ether oxygens (including phenoxy) is 2. The number of hydrogen-bond acceptors (Lipinski definition) is 4. The summed E-state index contributed by atoms with van der Waals surface area (Å²) >= 11 is 0. The first-order valence-electron chi connectivity index (χ1n) is 6.87. The van der Waals surface area contributed by atoms with Crippen molar-refractivity contribution in [2.24, 2.45) is 11.1 Å². The van der Waals surface area contributed by atoms with Gasteiger partial charge in [-0.1, -0.05) is 6.07 Å². The Hall–Kier alpha value is -1.73. The Balaban J connectivity index is 2.58. The van der Waals surface area contributed by atoms with Crippen molar-refractivity contribution in [1.29, 1.82) is 5.26 Å². The zero-order valence-electron chi connectivity index (χ0n) is 12.8. The molecule has 0 bridgehead atoms. The number of hydrogen-bond donors (Lipinski definition) is 1. The number of benzene rings is 1. The third kappa shape index (κ3) is 4.75. The second-order valence-electron chi connectivity index (χ2n) is 5.65. The van der Waals surface area contributed by atoms with Gasteiger partial charge in [0.15, 0.2) is 11.5 Å². The molecule has 0 aliphatic heterocycles. The van der Waals surface area contributed by atoms with Crippen LogP contribution in [0.4, 0.5) is 0 Å². The lowest BCUT2D eigenvalue weighted by Gasteiger charge is -2.16. The van der Waals surface area contributed by atoms with Gasteiger partial charge in [0.1, 0.15) is 0 Å². The molecule has 1 aromatic rings. The van der Waals surface area contributed by atoms with Gasteiger partial charge in [-0.15, -0.1) is 0 Å². The Morgan fingerprint density at radius 3 is 2.60 bits per heavy atom. The Morgan fingerprint density at radius 2 is 2.05 bits per heavy atom. The molecule has 0 heterocycles. The molecule has 0 spiro atoms. The van der Waals surface area contributed by atoms with Crippen molar-refractivity contribution in [3.63, 3.8) is 0 Å². The fourth-order valence-corrected chi connectivity index (χ4v) is 1.84. The third-order valence-corrected chi connectivity index (χ3v) is 3.22. The Bertz CT molecular complexity index is 476. The Labute approximate surface area is 121 Å². The van der Waals surface area contributed by atoms with Gasteiger partial charge in [-0.2, -0.15) is 5.26 Å². The van der Waals surface area contributed by atoms with Crippen molar-refractivity contribution in [3.05, 3.63) is 23.8 Å². The van der Waals surface area contributed by atoms with Gasteiger partial charge in [-0.25, -0.2) is 0 Å². The smallest absolute Gasteiger partial charge is 0.161 e. The SMILES string of the molecule is COc1cc([C@H](C)N)ccc1OCCCC(C)(C)C#N. The van der Waals surface area contributed by atoms with E-state index in [-0.39, 0.29) is 11.5 Å². The van der Waals surface area contributed by atoms with Gasteiger partial charge in [0, 0.05) is 6.04 Å². The molecule has 4 heteroatoms. The third-order valence-electron chi connectivity index (χ3n) is 3.22. The van der Waals surface area contributed by atoms with E-state index in [2.05, 4.69) is 6.07 Å². The summed E-state index contributed by atoms with van der Waals surface area (Å²) in [4.78, 5) is 0. The van der Waals surface area contributed by atoms with E-state index in [0.29, 0.717) is 18.1 Å². The van der Waals surface area contributed by atoms with Crippen molar-refractivity contribution in [1.82, 2.24) is 0 Å². The summed E-state index contributed by atoms with van der Waals surface area (Å²) in [6.07, 6.45) is 1.64. The molecule has 0 fully saturated rings. The first-order valence-corrected chi connectivity index (χ1v) is 6.87. The van der Waals surface area contributed by atoms with Gasteiger partial charge >= 0.3 is 0 Å². The van der Waals surface area contributed by atoms with Gasteiger partial charge in [0.05, 0.1) is 25.2 Å². The van der Waals surface area contributed by atoms with E-state index in [4.69, 9.17) is 20.5 Å². The number of nitriles is 1. The van der Waals surface area contributed by atoms with Crippen LogP contribution in [0.1, 0.15) is 45.2 Å². The highest BCUT2D eigenvalue weighted by Gasteiger charge is 2.16. The standard InChI is InChI=1S/C16H24N2O2/c1-12(18)13-6-7-14(15(10-13)19-4)20-9-5-8-16(2,3)11-17/h6-7,10,12H,5,8-9,18H2,1-4H3/t12-/m0/s1. The molecular weight excluding hydrogens is 252 g/mol. The van der Waals surface area contributed by atoms with E-state index < -0.39 is 0 Å². The zero-order valence-corrected chi connectivity index (χ0v) is 12.8. The van der Waals surface area contributed by atoms with Crippen LogP contribution >= 0.6 is 0 Å². The lowest BCUT2D eigenvalue weighted by atomic mass is 9.90. The maximum Gasteiger partial charge on any atom is 0.161 e. The topological polar surface area (TPSA) is 68.3 Å². The van der Waals surface area contributed by atoms with Crippen LogP contribution in [-0.4, -0.2) is 13.7 Å². The predicted octanol–water partition coefficient (Wildman–Crippen LogP) is 3.42. The summed E-state index contributed by atoms with van der Waals surface area (Å²) in [5, 5.41) is 8.95. The number of nitrogens with zero attached hydrogens (tertiary/aromatic N) is 1. The molecule has 0 saturated heterocycles. The molecule has 0 saturated carbocycles. The van der Waals surface area contributed by atoms with Crippen LogP contribution in [0.3, 0.4) is 0 Å². The van der Waals surface area contributed by atoms with Crippen molar-refractivity contribution >= 4 is 0 Å². The van der Waals surface area contributed by atoms with E-state index in [9.17, 15) is 0 Å². The molecule has 110 valence electrons. The molecule has 4 nitrogen and oxygen atoms in total. The summed E-state index contributed by atoms with van der Waals surface area (Å²) in [7, 11) is 1.62.